The number of nitrogens with one attached hydrogen (secondary N) is 2. The van der Waals surface area contributed by atoms with Gasteiger partial charge in [-0.3, -0.25) is 9.59 Å². The first-order chi connectivity index (χ1) is 14.4. The molecule has 0 atom stereocenters. The zero-order chi connectivity index (χ0) is 21.7. The third kappa shape index (κ3) is 4.50. The van der Waals surface area contributed by atoms with Crippen molar-refractivity contribution in [2.45, 2.75) is 0 Å². The molecule has 0 saturated carbocycles. The molecular formula is C22H14N2O6-2. The lowest BCUT2D eigenvalue weighted by molar-refractivity contribution is -0.256. The Morgan fingerprint density at radius 1 is 0.567 bits per heavy atom. The molecular weight excluding hydrogens is 388 g/mol. The highest BCUT2D eigenvalue weighted by Gasteiger charge is 2.14. The summed E-state index contributed by atoms with van der Waals surface area (Å²) < 4.78 is 0. The minimum atomic E-state index is -1.44. The van der Waals surface area contributed by atoms with Crippen molar-refractivity contribution in [2.24, 2.45) is 0 Å². The second kappa shape index (κ2) is 8.70. The number of carboxylic acids is 2. The Labute approximate surface area is 170 Å². The lowest BCUT2D eigenvalue weighted by atomic mass is 10.1. The molecule has 0 unspecified atom stereocenters. The fraction of sp³-hybridized carbons (Fsp3) is 0. The molecule has 0 heterocycles. The Morgan fingerprint density at radius 2 is 0.967 bits per heavy atom. The predicted molar refractivity (Wildman–Crippen MR) is 104 cm³/mol. The first kappa shape index (κ1) is 20.3. The van der Waals surface area contributed by atoms with Gasteiger partial charge in [-0.25, -0.2) is 0 Å². The van der Waals surface area contributed by atoms with Crippen molar-refractivity contribution in [2.75, 3.05) is 10.6 Å². The van der Waals surface area contributed by atoms with E-state index in [4.69, 9.17) is 0 Å². The van der Waals surface area contributed by atoms with Crippen LogP contribution in [0, 0.1) is 0 Å². The molecule has 2 N–H and O–H groups in total. The van der Waals surface area contributed by atoms with Crippen molar-refractivity contribution < 1.29 is 29.4 Å². The van der Waals surface area contributed by atoms with Gasteiger partial charge in [-0.1, -0.05) is 42.5 Å². The van der Waals surface area contributed by atoms with E-state index in [9.17, 15) is 29.4 Å². The largest absolute Gasteiger partial charge is 0.545 e. The van der Waals surface area contributed by atoms with Crippen LogP contribution < -0.4 is 20.8 Å². The summed E-state index contributed by atoms with van der Waals surface area (Å²) in [6, 6.07) is 17.2. The van der Waals surface area contributed by atoms with E-state index < -0.39 is 23.8 Å². The first-order valence-electron chi connectivity index (χ1n) is 8.70. The van der Waals surface area contributed by atoms with E-state index in [2.05, 4.69) is 10.6 Å². The highest BCUT2D eigenvalue weighted by atomic mass is 16.4. The van der Waals surface area contributed by atoms with Crippen molar-refractivity contribution in [3.63, 3.8) is 0 Å². The van der Waals surface area contributed by atoms with Crippen LogP contribution in [-0.2, 0) is 0 Å². The van der Waals surface area contributed by atoms with Crippen LogP contribution in [-0.4, -0.2) is 23.8 Å². The standard InChI is InChI=1S/C22H16N2O6/c25-19(23-17-10-3-1-8-15(17)21(27)28)13-6-5-7-14(12-13)20(26)24-18-11-4-2-9-16(18)22(29)30/h1-12H,(H,23,25)(H,24,26)(H,27,28)(H,29,30)/p-2. The maximum Gasteiger partial charge on any atom is 0.255 e. The quantitative estimate of drug-likeness (QED) is 0.629. The maximum absolute atomic E-state index is 12.5. The first-order valence-corrected chi connectivity index (χ1v) is 8.70. The third-order valence-corrected chi connectivity index (χ3v) is 4.18. The average molecular weight is 402 g/mol. The number of carboxylic acid groups (broad SMARTS) is 2. The van der Waals surface area contributed by atoms with E-state index in [0.29, 0.717) is 0 Å². The molecule has 0 fully saturated rings. The highest BCUT2D eigenvalue weighted by Crippen LogP contribution is 2.18. The summed E-state index contributed by atoms with van der Waals surface area (Å²) in [5.74, 6) is -4.14. The predicted octanol–water partition coefficient (Wildman–Crippen LogP) is 0.918. The highest BCUT2D eigenvalue weighted by molar-refractivity contribution is 6.11. The molecule has 0 saturated heterocycles. The molecule has 8 heteroatoms. The lowest BCUT2D eigenvalue weighted by Gasteiger charge is -2.13. The van der Waals surface area contributed by atoms with Gasteiger partial charge in [0.25, 0.3) is 11.8 Å². The number of hydrogen-bond acceptors (Lipinski definition) is 6. The van der Waals surface area contributed by atoms with Crippen LogP contribution >= 0.6 is 0 Å². The van der Waals surface area contributed by atoms with Gasteiger partial charge in [0, 0.05) is 22.3 Å². The Kier molecular flexibility index (Phi) is 5.88. The molecule has 0 aromatic heterocycles. The van der Waals surface area contributed by atoms with E-state index in [-0.39, 0.29) is 33.6 Å². The van der Waals surface area contributed by atoms with Gasteiger partial charge in [0.15, 0.2) is 0 Å². The summed E-state index contributed by atoms with van der Waals surface area (Å²) in [6.07, 6.45) is 0. The fourth-order valence-corrected chi connectivity index (χ4v) is 2.73. The zero-order valence-corrected chi connectivity index (χ0v) is 15.4. The Hall–Kier alpha value is -4.46. The van der Waals surface area contributed by atoms with Crippen LogP contribution in [0.2, 0.25) is 0 Å². The van der Waals surface area contributed by atoms with Crippen LogP contribution in [0.25, 0.3) is 0 Å². The second-order valence-electron chi connectivity index (χ2n) is 6.16. The van der Waals surface area contributed by atoms with Gasteiger partial charge in [-0.2, -0.15) is 0 Å². The smallest absolute Gasteiger partial charge is 0.255 e. The van der Waals surface area contributed by atoms with Crippen LogP contribution in [0.5, 0.6) is 0 Å². The van der Waals surface area contributed by atoms with Crippen molar-refractivity contribution in [1.82, 2.24) is 0 Å². The number of carbonyl (C=O) groups is 4. The lowest BCUT2D eigenvalue weighted by Crippen LogP contribution is -2.25. The molecule has 0 spiro atoms. The minimum absolute atomic E-state index is 0.0558. The monoisotopic (exact) mass is 402 g/mol. The molecule has 150 valence electrons. The van der Waals surface area contributed by atoms with E-state index in [1.165, 1.54) is 60.7 Å². The molecule has 0 aliphatic heterocycles. The zero-order valence-electron chi connectivity index (χ0n) is 15.4. The minimum Gasteiger partial charge on any atom is -0.545 e. The molecule has 0 radical (unpaired) electrons. The number of aromatic carboxylic acids is 2. The van der Waals surface area contributed by atoms with Crippen molar-refractivity contribution >= 4 is 35.1 Å². The number of rotatable bonds is 6. The van der Waals surface area contributed by atoms with Gasteiger partial charge in [0.05, 0.1) is 23.3 Å². The molecule has 3 rings (SSSR count). The summed E-state index contributed by atoms with van der Waals surface area (Å²) in [5, 5.41) is 27.3. The topological polar surface area (TPSA) is 138 Å². The molecule has 30 heavy (non-hydrogen) atoms. The number of para-hydroxylation sites is 2. The molecule has 0 aliphatic carbocycles. The average Bonchev–Trinajstić information content (AvgIpc) is 2.74. The van der Waals surface area contributed by atoms with Gasteiger partial charge in [0.1, 0.15) is 0 Å². The Bertz CT molecular complexity index is 1070. The summed E-state index contributed by atoms with van der Waals surface area (Å²) in [7, 11) is 0. The third-order valence-electron chi connectivity index (χ3n) is 4.18. The second-order valence-corrected chi connectivity index (χ2v) is 6.16. The number of carbonyl (C=O) groups excluding carboxylic acids is 4. The summed E-state index contributed by atoms with van der Waals surface area (Å²) in [6.45, 7) is 0. The Morgan fingerprint density at radius 3 is 1.37 bits per heavy atom. The van der Waals surface area contributed by atoms with Crippen LogP contribution in [0.3, 0.4) is 0 Å². The van der Waals surface area contributed by atoms with Crippen molar-refractivity contribution in [1.29, 1.82) is 0 Å². The number of benzene rings is 3. The van der Waals surface area contributed by atoms with Crippen molar-refractivity contribution in [3.05, 3.63) is 95.1 Å². The summed E-state index contributed by atoms with van der Waals surface area (Å²) in [4.78, 5) is 47.4. The van der Waals surface area contributed by atoms with Gasteiger partial charge >= 0.3 is 0 Å². The molecule has 2 amide bonds. The van der Waals surface area contributed by atoms with Gasteiger partial charge in [-0.05, 0) is 30.3 Å². The van der Waals surface area contributed by atoms with Crippen LogP contribution in [0.1, 0.15) is 41.4 Å². The normalized spacial score (nSPS) is 10.1. The van der Waals surface area contributed by atoms with Gasteiger partial charge in [-0.15, -0.1) is 0 Å². The van der Waals surface area contributed by atoms with E-state index in [0.717, 1.165) is 0 Å². The number of amides is 2. The van der Waals surface area contributed by atoms with Gasteiger partial charge < -0.3 is 30.4 Å². The maximum atomic E-state index is 12.5. The molecule has 3 aromatic carbocycles. The van der Waals surface area contributed by atoms with Crippen molar-refractivity contribution in [3.8, 4) is 0 Å². The summed E-state index contributed by atoms with van der Waals surface area (Å²) >= 11 is 0. The molecule has 8 nitrogen and oxygen atoms in total. The SMILES string of the molecule is O=C(Nc1ccccc1C(=O)[O-])c1cccc(C(=O)Nc2ccccc2C(=O)[O-])c1. The molecule has 3 aromatic rings. The fourth-order valence-electron chi connectivity index (χ4n) is 2.73. The number of hydrogen-bond donors (Lipinski definition) is 2. The van der Waals surface area contributed by atoms with Crippen LogP contribution in [0.15, 0.2) is 72.8 Å². The van der Waals surface area contributed by atoms with E-state index >= 15 is 0 Å². The Balaban J connectivity index is 1.81. The van der Waals surface area contributed by atoms with Gasteiger partial charge in [0.2, 0.25) is 0 Å². The summed E-state index contributed by atoms with van der Waals surface area (Å²) in [5.41, 5.74) is -0.0503. The van der Waals surface area contributed by atoms with Crippen LogP contribution in [0.4, 0.5) is 11.4 Å². The molecule has 0 bridgehead atoms. The van der Waals surface area contributed by atoms with E-state index in [1.807, 2.05) is 0 Å². The number of anilines is 2. The van der Waals surface area contributed by atoms with E-state index in [1.54, 1.807) is 12.1 Å². The molecule has 0 aliphatic rings.